The number of hydrogen-bond acceptors (Lipinski definition) is 5. The van der Waals surface area contributed by atoms with Crippen LogP contribution in [0.25, 0.3) is 0 Å². The van der Waals surface area contributed by atoms with Crippen LogP contribution in [0.5, 0.6) is 0 Å². The second-order valence-electron chi connectivity index (χ2n) is 7.13. The van der Waals surface area contributed by atoms with E-state index in [9.17, 15) is 24.3 Å². The van der Waals surface area contributed by atoms with Gasteiger partial charge in [0.1, 0.15) is 6.04 Å². The Kier molecular flexibility index (Phi) is 4.54. The maximum absolute atomic E-state index is 12.9. The number of carboxylic acids is 1. The minimum Gasteiger partial charge on any atom is -0.548 e. The lowest BCUT2D eigenvalue weighted by Gasteiger charge is -2.28. The summed E-state index contributed by atoms with van der Waals surface area (Å²) in [7, 11) is 0. The largest absolute Gasteiger partial charge is 0.548 e. The van der Waals surface area contributed by atoms with Gasteiger partial charge in [-0.1, -0.05) is 24.3 Å². The lowest BCUT2D eigenvalue weighted by atomic mass is 9.95. The van der Waals surface area contributed by atoms with Crippen molar-refractivity contribution >= 4 is 29.5 Å². The molecule has 8 nitrogen and oxygen atoms in total. The highest BCUT2D eigenvalue weighted by atomic mass is 16.4. The quantitative estimate of drug-likeness (QED) is 0.760. The van der Waals surface area contributed by atoms with Crippen molar-refractivity contribution < 1.29 is 24.3 Å². The summed E-state index contributed by atoms with van der Waals surface area (Å²) in [6.45, 7) is 1.68. The number of fused-ring (bicyclic) bond motifs is 2. The molecule has 1 N–H and O–H groups in total. The molecular formula is C21H18N3O5-. The standard InChI is InChI=1S/C21H19N3O5/c1-12(20(27)28)22-18(25)13-6-8-16(9-7-13)24-19(26)17-10-14-4-2-3-5-15(14)11-23(17)21(24)29/h2-9,12,17H,10-11H2,1H3,(H,22,25)(H,27,28)/p-1/t12-,17-/m0/s1. The SMILES string of the molecule is C[C@H](NC(=O)c1ccc(N2C(=O)[C@@H]3Cc4ccccc4CN3C2=O)cc1)C(=O)[O-]. The van der Waals surface area contributed by atoms with Gasteiger partial charge in [0.25, 0.3) is 11.8 Å². The number of rotatable bonds is 4. The summed E-state index contributed by atoms with van der Waals surface area (Å²) in [6, 6.07) is 11.6. The Hall–Kier alpha value is -3.68. The highest BCUT2D eigenvalue weighted by molar-refractivity contribution is 6.21. The van der Waals surface area contributed by atoms with E-state index in [0.717, 1.165) is 16.0 Å². The Morgan fingerprint density at radius 3 is 2.38 bits per heavy atom. The van der Waals surface area contributed by atoms with Gasteiger partial charge in [0.15, 0.2) is 0 Å². The molecule has 2 atom stereocenters. The van der Waals surface area contributed by atoms with E-state index < -0.39 is 30.0 Å². The van der Waals surface area contributed by atoms with Crippen molar-refractivity contribution in [3.63, 3.8) is 0 Å². The first kappa shape index (κ1) is 18.7. The van der Waals surface area contributed by atoms with Gasteiger partial charge in [-0.2, -0.15) is 0 Å². The average molecular weight is 392 g/mol. The van der Waals surface area contributed by atoms with Crippen LogP contribution in [0, 0.1) is 0 Å². The fraction of sp³-hybridized carbons (Fsp3) is 0.238. The van der Waals surface area contributed by atoms with Crippen LogP contribution in [0.15, 0.2) is 48.5 Å². The first-order valence-corrected chi connectivity index (χ1v) is 9.20. The summed E-state index contributed by atoms with van der Waals surface area (Å²) in [5.41, 5.74) is 2.67. The minimum atomic E-state index is -1.39. The molecule has 0 bridgehead atoms. The van der Waals surface area contributed by atoms with Crippen molar-refractivity contribution in [3.05, 3.63) is 65.2 Å². The van der Waals surface area contributed by atoms with Crippen LogP contribution in [-0.2, 0) is 22.6 Å². The van der Waals surface area contributed by atoms with Gasteiger partial charge in [-0.25, -0.2) is 9.69 Å². The van der Waals surface area contributed by atoms with Crippen molar-refractivity contribution in [2.75, 3.05) is 4.90 Å². The number of carbonyl (C=O) groups is 4. The Bertz CT molecular complexity index is 974. The average Bonchev–Trinajstić information content (AvgIpc) is 2.96. The molecule has 8 heteroatoms. The normalized spacial score (nSPS) is 18.9. The zero-order valence-corrected chi connectivity index (χ0v) is 15.6. The summed E-state index contributed by atoms with van der Waals surface area (Å²) in [5.74, 6) is -2.27. The summed E-state index contributed by atoms with van der Waals surface area (Å²) in [6.07, 6.45) is 0.471. The van der Waals surface area contributed by atoms with E-state index in [1.807, 2.05) is 24.3 Å². The highest BCUT2D eigenvalue weighted by Gasteiger charge is 2.47. The molecule has 4 amide bonds. The van der Waals surface area contributed by atoms with E-state index in [2.05, 4.69) is 5.32 Å². The molecule has 0 spiro atoms. The van der Waals surface area contributed by atoms with Crippen LogP contribution < -0.4 is 15.3 Å². The summed E-state index contributed by atoms with van der Waals surface area (Å²) in [5, 5.41) is 13.1. The fourth-order valence-corrected chi connectivity index (χ4v) is 3.65. The molecule has 4 rings (SSSR count). The smallest absolute Gasteiger partial charge is 0.332 e. The molecule has 0 aromatic heterocycles. The molecule has 2 aliphatic heterocycles. The molecule has 0 radical (unpaired) electrons. The molecule has 1 saturated heterocycles. The van der Waals surface area contributed by atoms with Gasteiger partial charge in [0, 0.05) is 18.5 Å². The third-order valence-corrected chi connectivity index (χ3v) is 5.28. The molecule has 0 saturated carbocycles. The van der Waals surface area contributed by atoms with Gasteiger partial charge in [-0.15, -0.1) is 0 Å². The van der Waals surface area contributed by atoms with Crippen LogP contribution in [0.3, 0.4) is 0 Å². The van der Waals surface area contributed by atoms with Crippen molar-refractivity contribution in [3.8, 4) is 0 Å². The van der Waals surface area contributed by atoms with E-state index in [1.165, 1.54) is 31.2 Å². The molecule has 148 valence electrons. The number of aliphatic carboxylic acids is 1. The van der Waals surface area contributed by atoms with Crippen LogP contribution >= 0.6 is 0 Å². The van der Waals surface area contributed by atoms with E-state index in [0.29, 0.717) is 18.7 Å². The predicted molar refractivity (Wildman–Crippen MR) is 101 cm³/mol. The van der Waals surface area contributed by atoms with Gasteiger partial charge < -0.3 is 20.1 Å². The van der Waals surface area contributed by atoms with E-state index in [-0.39, 0.29) is 11.5 Å². The van der Waals surface area contributed by atoms with Crippen molar-refractivity contribution in [2.24, 2.45) is 0 Å². The molecule has 2 heterocycles. The molecule has 0 unspecified atom stereocenters. The zero-order valence-electron chi connectivity index (χ0n) is 15.6. The molecule has 2 aromatic rings. The third kappa shape index (κ3) is 3.22. The van der Waals surface area contributed by atoms with Crippen molar-refractivity contribution in [1.29, 1.82) is 0 Å². The Labute approximate surface area is 166 Å². The van der Waals surface area contributed by atoms with Crippen LogP contribution in [0.1, 0.15) is 28.4 Å². The highest BCUT2D eigenvalue weighted by Crippen LogP contribution is 2.32. The maximum atomic E-state index is 12.9. The first-order chi connectivity index (χ1) is 13.9. The number of carboxylic acid groups (broad SMARTS) is 1. The number of imide groups is 1. The maximum Gasteiger partial charge on any atom is 0.332 e. The number of nitrogens with zero attached hydrogens (tertiary/aromatic N) is 2. The topological polar surface area (TPSA) is 110 Å². The number of nitrogens with one attached hydrogen (secondary N) is 1. The summed E-state index contributed by atoms with van der Waals surface area (Å²) >= 11 is 0. The van der Waals surface area contributed by atoms with E-state index in [1.54, 1.807) is 4.90 Å². The third-order valence-electron chi connectivity index (χ3n) is 5.28. The molecule has 2 aliphatic rings. The zero-order chi connectivity index (χ0) is 20.7. The fourth-order valence-electron chi connectivity index (χ4n) is 3.65. The van der Waals surface area contributed by atoms with Gasteiger partial charge in [0.05, 0.1) is 17.7 Å². The Balaban J connectivity index is 1.54. The number of amides is 4. The number of urea groups is 1. The Morgan fingerprint density at radius 1 is 1.07 bits per heavy atom. The van der Waals surface area contributed by atoms with Crippen molar-refractivity contribution in [2.45, 2.75) is 32.0 Å². The van der Waals surface area contributed by atoms with Crippen molar-refractivity contribution in [1.82, 2.24) is 10.2 Å². The van der Waals surface area contributed by atoms with Crippen LogP contribution in [0.2, 0.25) is 0 Å². The van der Waals surface area contributed by atoms with Gasteiger partial charge >= 0.3 is 6.03 Å². The van der Waals surface area contributed by atoms with Crippen LogP contribution in [0.4, 0.5) is 10.5 Å². The van der Waals surface area contributed by atoms with E-state index >= 15 is 0 Å². The second-order valence-corrected chi connectivity index (χ2v) is 7.13. The minimum absolute atomic E-state index is 0.214. The number of hydrogen-bond donors (Lipinski definition) is 1. The molecule has 2 aromatic carbocycles. The number of carbonyl (C=O) groups excluding carboxylic acids is 4. The Morgan fingerprint density at radius 2 is 1.72 bits per heavy atom. The molecular weight excluding hydrogens is 374 g/mol. The van der Waals surface area contributed by atoms with Gasteiger partial charge in [0.2, 0.25) is 0 Å². The second kappa shape index (κ2) is 7.05. The van der Waals surface area contributed by atoms with Gasteiger partial charge in [-0.3, -0.25) is 9.59 Å². The molecule has 29 heavy (non-hydrogen) atoms. The predicted octanol–water partition coefficient (Wildman–Crippen LogP) is 0.448. The lowest BCUT2D eigenvalue weighted by molar-refractivity contribution is -0.307. The van der Waals surface area contributed by atoms with Gasteiger partial charge in [-0.05, 0) is 42.3 Å². The molecule has 1 fully saturated rings. The molecule has 0 aliphatic carbocycles. The summed E-state index contributed by atoms with van der Waals surface area (Å²) in [4.78, 5) is 51.3. The van der Waals surface area contributed by atoms with Crippen LogP contribution in [-0.4, -0.2) is 40.8 Å². The first-order valence-electron chi connectivity index (χ1n) is 9.20. The monoisotopic (exact) mass is 392 g/mol. The van der Waals surface area contributed by atoms with E-state index in [4.69, 9.17) is 0 Å². The number of benzene rings is 2. The lowest BCUT2D eigenvalue weighted by Crippen LogP contribution is -2.45. The number of anilines is 1. The summed E-state index contributed by atoms with van der Waals surface area (Å²) < 4.78 is 0.